The van der Waals surface area contributed by atoms with Crippen LogP contribution < -0.4 is 21.8 Å². The lowest BCUT2D eigenvalue weighted by atomic mass is 10.1. The van der Waals surface area contributed by atoms with Gasteiger partial charge in [-0.1, -0.05) is 79.3 Å². The molecule has 4 rings (SSSR count). The lowest BCUT2D eigenvalue weighted by Crippen LogP contribution is -2.29. The molecule has 0 bridgehead atoms. The van der Waals surface area contributed by atoms with Crippen LogP contribution in [0.25, 0.3) is 0 Å². The number of pyridine rings is 2. The Kier molecular flexibility index (Phi) is 15.5. The van der Waals surface area contributed by atoms with Gasteiger partial charge in [0.25, 0.3) is 22.9 Å². The highest BCUT2D eigenvalue weighted by atomic mass is 35.5. The van der Waals surface area contributed by atoms with Gasteiger partial charge in [0.2, 0.25) is 0 Å². The zero-order chi connectivity index (χ0) is 38.0. The van der Waals surface area contributed by atoms with Crippen LogP contribution in [0.3, 0.4) is 0 Å². The van der Waals surface area contributed by atoms with Gasteiger partial charge in [0.05, 0.1) is 31.2 Å². The van der Waals surface area contributed by atoms with Crippen molar-refractivity contribution in [3.05, 3.63) is 123 Å². The second kappa shape index (κ2) is 19.0. The molecule has 0 fully saturated rings. The van der Waals surface area contributed by atoms with Gasteiger partial charge in [-0.05, 0) is 85.5 Å². The predicted octanol–water partition coefficient (Wildman–Crippen LogP) is 7.21. The fraction of sp³-hybridized carbons (Fsp3) is 0.351. The SMILES string of the molecule is CC(C)c1cc(C(=O)NCCCc2ccc(Cl)c(Cl)c2)c(O)c(=O)n1C.CCc1cc(C(=O)NCCCc2ccc(Cl)c(Cl)c2)c(O)c(=O)n1C. The monoisotopic (exact) mass is 778 g/mol. The zero-order valence-corrected chi connectivity index (χ0v) is 32.1. The molecule has 0 aliphatic carbocycles. The number of benzene rings is 2. The van der Waals surface area contributed by atoms with Crippen LogP contribution in [0.1, 0.15) is 82.8 Å². The number of rotatable bonds is 12. The quantitative estimate of drug-likeness (QED) is 0.112. The standard InChI is InChI=1S/C19H22Cl2N2O3.C18H20Cl2N2O3/c1-11(2)16-10-13(17(24)19(26)23(16)3)18(25)22-8-4-5-12-6-7-14(20)15(21)9-12;1-3-12-10-13(16(23)18(25)22(12)2)17(24)21-8-4-5-11-6-7-14(19)15(20)9-11/h6-7,9-11,24H,4-5,8H2,1-3H3,(H,22,25);6-7,9-10,23H,3-5,8H2,1-2H3,(H,21,24). The number of halogens is 4. The van der Waals surface area contributed by atoms with Crippen LogP contribution >= 0.6 is 46.4 Å². The number of carbonyl (C=O) groups excluding carboxylic acids is 2. The van der Waals surface area contributed by atoms with Crippen molar-refractivity contribution in [3.8, 4) is 11.5 Å². The Morgan fingerprint density at radius 1 is 0.686 bits per heavy atom. The van der Waals surface area contributed by atoms with E-state index in [1.807, 2.05) is 32.9 Å². The number of nitrogens with one attached hydrogen (secondary N) is 2. The summed E-state index contributed by atoms with van der Waals surface area (Å²) in [4.78, 5) is 48.7. The molecule has 51 heavy (non-hydrogen) atoms. The van der Waals surface area contributed by atoms with Gasteiger partial charge in [-0.15, -0.1) is 0 Å². The number of hydrogen-bond acceptors (Lipinski definition) is 6. The molecule has 14 heteroatoms. The summed E-state index contributed by atoms with van der Waals surface area (Å²) in [5, 5.41) is 27.4. The number of hydrogen-bond donors (Lipinski definition) is 4. The molecule has 0 atom stereocenters. The number of aromatic nitrogens is 2. The summed E-state index contributed by atoms with van der Waals surface area (Å²) in [6.45, 7) is 6.54. The number of aryl methyl sites for hydroxylation is 3. The van der Waals surface area contributed by atoms with Crippen LogP contribution in [0.2, 0.25) is 20.1 Å². The molecule has 274 valence electrons. The van der Waals surface area contributed by atoms with Crippen LogP contribution in [0.5, 0.6) is 11.5 Å². The van der Waals surface area contributed by atoms with Crippen molar-refractivity contribution in [1.29, 1.82) is 0 Å². The molecule has 0 aliphatic rings. The first kappa shape index (κ1) is 41.5. The van der Waals surface area contributed by atoms with Gasteiger partial charge in [-0.2, -0.15) is 0 Å². The third-order valence-electron chi connectivity index (χ3n) is 8.21. The van der Waals surface area contributed by atoms with E-state index in [1.165, 1.54) is 9.13 Å². The number of carbonyl (C=O) groups is 2. The fourth-order valence-electron chi connectivity index (χ4n) is 5.25. The summed E-state index contributed by atoms with van der Waals surface area (Å²) in [7, 11) is 3.15. The molecule has 2 aromatic carbocycles. The lowest BCUT2D eigenvalue weighted by molar-refractivity contribution is 0.0941. The van der Waals surface area contributed by atoms with Crippen molar-refractivity contribution in [2.45, 2.75) is 58.8 Å². The van der Waals surface area contributed by atoms with Crippen molar-refractivity contribution in [2.75, 3.05) is 13.1 Å². The van der Waals surface area contributed by atoms with Crippen molar-refractivity contribution < 1.29 is 19.8 Å². The van der Waals surface area contributed by atoms with E-state index in [4.69, 9.17) is 46.4 Å². The van der Waals surface area contributed by atoms with Crippen LogP contribution in [-0.4, -0.2) is 44.3 Å². The van der Waals surface area contributed by atoms with Crippen molar-refractivity contribution in [1.82, 2.24) is 19.8 Å². The van der Waals surface area contributed by atoms with Gasteiger partial charge in [0.15, 0.2) is 11.5 Å². The van der Waals surface area contributed by atoms with Crippen LogP contribution in [0.4, 0.5) is 0 Å². The Morgan fingerprint density at radius 3 is 1.53 bits per heavy atom. The van der Waals surface area contributed by atoms with Crippen LogP contribution in [-0.2, 0) is 33.4 Å². The third-order valence-corrected chi connectivity index (χ3v) is 9.69. The average Bonchev–Trinajstić information content (AvgIpc) is 3.09. The molecular formula is C37H42Cl4N4O6. The normalized spacial score (nSPS) is 10.9. The van der Waals surface area contributed by atoms with Gasteiger partial charge < -0.3 is 30.0 Å². The fourth-order valence-corrected chi connectivity index (χ4v) is 5.89. The van der Waals surface area contributed by atoms with Crippen molar-refractivity contribution in [2.24, 2.45) is 14.1 Å². The van der Waals surface area contributed by atoms with Crippen LogP contribution in [0, 0.1) is 0 Å². The molecule has 4 N–H and O–H groups in total. The molecule has 0 saturated carbocycles. The van der Waals surface area contributed by atoms with Crippen LogP contribution in [0.15, 0.2) is 58.1 Å². The van der Waals surface area contributed by atoms with Crippen molar-refractivity contribution in [3.63, 3.8) is 0 Å². The second-order valence-electron chi connectivity index (χ2n) is 12.2. The van der Waals surface area contributed by atoms with E-state index in [2.05, 4.69) is 10.6 Å². The molecule has 2 amide bonds. The Hall–Kier alpha value is -3.96. The predicted molar refractivity (Wildman–Crippen MR) is 204 cm³/mol. The minimum atomic E-state index is -0.572. The maximum atomic E-state index is 12.4. The highest BCUT2D eigenvalue weighted by molar-refractivity contribution is 6.42. The van der Waals surface area contributed by atoms with E-state index >= 15 is 0 Å². The number of aromatic hydroxyl groups is 2. The van der Waals surface area contributed by atoms with Gasteiger partial charge in [-0.3, -0.25) is 19.2 Å². The van der Waals surface area contributed by atoms with E-state index < -0.39 is 34.4 Å². The Balaban J connectivity index is 0.000000276. The summed E-state index contributed by atoms with van der Waals surface area (Å²) < 4.78 is 2.71. The van der Waals surface area contributed by atoms with Gasteiger partial charge >= 0.3 is 0 Å². The highest BCUT2D eigenvalue weighted by Crippen LogP contribution is 2.24. The lowest BCUT2D eigenvalue weighted by Gasteiger charge is -2.15. The first-order valence-electron chi connectivity index (χ1n) is 16.4. The summed E-state index contributed by atoms with van der Waals surface area (Å²) in [5.41, 5.74) is 2.29. The van der Waals surface area contributed by atoms with E-state index in [9.17, 15) is 29.4 Å². The molecule has 0 unspecified atom stereocenters. The van der Waals surface area contributed by atoms with Crippen molar-refractivity contribution >= 4 is 58.2 Å². The smallest absolute Gasteiger partial charge is 0.293 e. The summed E-state index contributed by atoms with van der Waals surface area (Å²) in [6.07, 6.45) is 3.41. The maximum absolute atomic E-state index is 12.4. The number of amides is 2. The van der Waals surface area contributed by atoms with E-state index in [1.54, 1.807) is 50.5 Å². The summed E-state index contributed by atoms with van der Waals surface area (Å²) >= 11 is 23.7. The topological polar surface area (TPSA) is 143 Å². The molecule has 0 aliphatic heterocycles. The van der Waals surface area contributed by atoms with Gasteiger partial charge in [0, 0.05) is 38.6 Å². The van der Waals surface area contributed by atoms with E-state index in [0.29, 0.717) is 63.8 Å². The molecule has 0 spiro atoms. The second-order valence-corrected chi connectivity index (χ2v) is 13.8. The Morgan fingerprint density at radius 2 is 1.12 bits per heavy atom. The minimum Gasteiger partial charge on any atom is -0.502 e. The largest absolute Gasteiger partial charge is 0.502 e. The maximum Gasteiger partial charge on any atom is 0.293 e. The molecule has 0 radical (unpaired) electrons. The molecule has 4 aromatic rings. The van der Waals surface area contributed by atoms with E-state index in [-0.39, 0.29) is 17.0 Å². The minimum absolute atomic E-state index is 0.00587. The average molecular weight is 781 g/mol. The van der Waals surface area contributed by atoms with Gasteiger partial charge in [0.1, 0.15) is 0 Å². The summed E-state index contributed by atoms with van der Waals surface area (Å²) in [6, 6.07) is 14.0. The first-order chi connectivity index (χ1) is 24.1. The van der Waals surface area contributed by atoms with E-state index in [0.717, 1.165) is 24.0 Å². The molecule has 2 aromatic heterocycles. The zero-order valence-electron chi connectivity index (χ0n) is 29.1. The molecular weight excluding hydrogens is 738 g/mol. The molecule has 0 saturated heterocycles. The number of nitrogens with zero attached hydrogens (tertiary/aromatic N) is 2. The summed E-state index contributed by atoms with van der Waals surface area (Å²) in [5.74, 6) is -1.93. The highest BCUT2D eigenvalue weighted by Gasteiger charge is 2.19. The molecule has 10 nitrogen and oxygen atoms in total. The Labute approximate surface area is 316 Å². The molecule has 2 heterocycles. The Bertz CT molecular complexity index is 2010. The van der Waals surface area contributed by atoms with Gasteiger partial charge in [-0.25, -0.2) is 0 Å². The first-order valence-corrected chi connectivity index (χ1v) is 17.9. The third kappa shape index (κ3) is 11.0.